The molecular weight excluding hydrogens is 364 g/mol. The number of hydrogen-bond donors (Lipinski definition) is 0. The maximum atomic E-state index is 13.0. The quantitative estimate of drug-likeness (QED) is 0.527. The summed E-state index contributed by atoms with van der Waals surface area (Å²) in [5, 5.41) is 0. The summed E-state index contributed by atoms with van der Waals surface area (Å²) in [6.45, 7) is 2.47. The van der Waals surface area contributed by atoms with Crippen LogP contribution in [-0.4, -0.2) is 27.1 Å². The van der Waals surface area contributed by atoms with Crippen LogP contribution in [0, 0.1) is 0 Å². The van der Waals surface area contributed by atoms with E-state index in [1.165, 1.54) is 0 Å². The number of carbonyl (C=O) groups is 1. The van der Waals surface area contributed by atoms with E-state index in [0.29, 0.717) is 17.6 Å². The highest BCUT2D eigenvalue weighted by Gasteiger charge is 2.19. The summed E-state index contributed by atoms with van der Waals surface area (Å²) in [6, 6.07) is 19.2. The summed E-state index contributed by atoms with van der Waals surface area (Å²) in [5.74, 6) is -0.112. The molecule has 0 aliphatic heterocycles. The van der Waals surface area contributed by atoms with Crippen molar-refractivity contribution in [3.63, 3.8) is 0 Å². The van der Waals surface area contributed by atoms with E-state index >= 15 is 0 Å². The molecule has 4 aromatic rings. The van der Waals surface area contributed by atoms with E-state index in [0.717, 1.165) is 16.8 Å². The Morgan fingerprint density at radius 1 is 1.00 bits per heavy atom. The van der Waals surface area contributed by atoms with Crippen molar-refractivity contribution in [2.75, 3.05) is 11.9 Å². The molecule has 2 heterocycles. The van der Waals surface area contributed by atoms with Gasteiger partial charge in [-0.2, -0.15) is 0 Å². The van der Waals surface area contributed by atoms with Gasteiger partial charge in [-0.3, -0.25) is 14.2 Å². The van der Waals surface area contributed by atoms with Gasteiger partial charge in [0.2, 0.25) is 5.91 Å². The molecule has 6 nitrogen and oxygen atoms in total. The minimum Gasteiger partial charge on any atom is -0.332 e. The predicted molar refractivity (Wildman–Crippen MR) is 115 cm³/mol. The molecule has 0 aliphatic carbocycles. The van der Waals surface area contributed by atoms with E-state index in [1.54, 1.807) is 27.4 Å². The van der Waals surface area contributed by atoms with Gasteiger partial charge in [0.25, 0.3) is 5.56 Å². The van der Waals surface area contributed by atoms with Crippen molar-refractivity contribution in [2.24, 2.45) is 0 Å². The highest BCUT2D eigenvalue weighted by Crippen LogP contribution is 2.27. The van der Waals surface area contributed by atoms with Gasteiger partial charge in [0.15, 0.2) is 0 Å². The van der Waals surface area contributed by atoms with Gasteiger partial charge < -0.3 is 9.47 Å². The molecule has 2 aromatic carbocycles. The summed E-state index contributed by atoms with van der Waals surface area (Å²) in [6.07, 6.45) is 3.42. The van der Waals surface area contributed by atoms with Gasteiger partial charge in [-0.25, -0.2) is 4.98 Å². The summed E-state index contributed by atoms with van der Waals surface area (Å²) < 4.78 is 3.28. The van der Waals surface area contributed by atoms with Gasteiger partial charge in [-0.1, -0.05) is 48.5 Å². The normalized spacial score (nSPS) is 11.0. The third-order valence-corrected chi connectivity index (χ3v) is 5.09. The first-order valence-electron chi connectivity index (χ1n) is 9.55. The lowest BCUT2D eigenvalue weighted by Gasteiger charge is -2.18. The van der Waals surface area contributed by atoms with Gasteiger partial charge in [0, 0.05) is 31.0 Å². The maximum absolute atomic E-state index is 13.0. The molecule has 4 rings (SSSR count). The molecule has 0 spiro atoms. The lowest BCUT2D eigenvalue weighted by molar-refractivity contribution is -0.118. The molecule has 0 saturated carbocycles. The number of likely N-dealkylation sites (N-methyl/N-ethyl adjacent to an activating group) is 1. The van der Waals surface area contributed by atoms with Crippen LogP contribution in [0.1, 0.15) is 6.92 Å². The fourth-order valence-electron chi connectivity index (χ4n) is 3.44. The second-order valence-electron chi connectivity index (χ2n) is 6.86. The van der Waals surface area contributed by atoms with Gasteiger partial charge in [0.05, 0.1) is 6.33 Å². The first-order valence-corrected chi connectivity index (χ1v) is 9.55. The molecular formula is C23H22N4O2. The molecule has 0 unspecified atom stereocenters. The van der Waals surface area contributed by atoms with Crippen LogP contribution in [0.15, 0.2) is 78.0 Å². The van der Waals surface area contributed by atoms with Crippen LogP contribution in [0.4, 0.5) is 5.69 Å². The highest BCUT2D eigenvalue weighted by molar-refractivity contribution is 5.96. The average molecular weight is 386 g/mol. The molecule has 0 N–H and O–H groups in total. The Labute approximate surface area is 168 Å². The fraction of sp³-hybridized carbons (Fsp3) is 0.174. The van der Waals surface area contributed by atoms with Crippen molar-refractivity contribution in [1.82, 2.24) is 14.1 Å². The Balaban J connectivity index is 1.81. The molecule has 1 amide bonds. The zero-order valence-corrected chi connectivity index (χ0v) is 16.4. The number of benzene rings is 2. The van der Waals surface area contributed by atoms with Crippen molar-refractivity contribution in [3.05, 3.63) is 83.5 Å². The zero-order chi connectivity index (χ0) is 20.4. The van der Waals surface area contributed by atoms with Gasteiger partial charge in [0.1, 0.15) is 17.6 Å². The Hall–Kier alpha value is -3.67. The third kappa shape index (κ3) is 3.45. The lowest BCUT2D eigenvalue weighted by atomic mass is 10.1. The Bertz CT molecular complexity index is 1210. The predicted octanol–water partition coefficient (Wildman–Crippen LogP) is 3.55. The number of fused-ring (bicyclic) bond motifs is 1. The minimum absolute atomic E-state index is 0.0549. The van der Waals surface area contributed by atoms with E-state index in [9.17, 15) is 9.59 Å². The summed E-state index contributed by atoms with van der Waals surface area (Å²) in [4.78, 5) is 32.1. The molecule has 2 aromatic heterocycles. The van der Waals surface area contributed by atoms with Crippen LogP contribution in [-0.2, 0) is 17.9 Å². The van der Waals surface area contributed by atoms with Gasteiger partial charge in [-0.15, -0.1) is 0 Å². The molecule has 0 bridgehead atoms. The van der Waals surface area contributed by atoms with Crippen LogP contribution < -0.4 is 10.5 Å². The maximum Gasteiger partial charge on any atom is 0.277 e. The third-order valence-electron chi connectivity index (χ3n) is 5.09. The summed E-state index contributed by atoms with van der Waals surface area (Å²) in [5.41, 5.74) is 3.53. The van der Waals surface area contributed by atoms with E-state index in [-0.39, 0.29) is 18.0 Å². The molecule has 0 aliphatic rings. The molecule has 0 fully saturated rings. The fourth-order valence-corrected chi connectivity index (χ4v) is 3.44. The number of nitrogens with zero attached hydrogens (tertiary/aromatic N) is 4. The number of hydrogen-bond acceptors (Lipinski definition) is 3. The first kappa shape index (κ1) is 18.7. The topological polar surface area (TPSA) is 60.1 Å². The van der Waals surface area contributed by atoms with E-state index in [1.807, 2.05) is 73.8 Å². The molecule has 146 valence electrons. The van der Waals surface area contributed by atoms with E-state index in [4.69, 9.17) is 0 Å². The van der Waals surface area contributed by atoms with Crippen LogP contribution >= 0.6 is 0 Å². The summed E-state index contributed by atoms with van der Waals surface area (Å²) in [7, 11) is 1.74. The van der Waals surface area contributed by atoms with Crippen LogP contribution in [0.25, 0.3) is 22.2 Å². The first-order chi connectivity index (χ1) is 14.1. The molecule has 0 radical (unpaired) electrons. The Kier molecular flexibility index (Phi) is 4.99. The smallest absolute Gasteiger partial charge is 0.277 e. The molecule has 6 heteroatoms. The number of amides is 1. The number of anilines is 1. The lowest BCUT2D eigenvalue weighted by Crippen LogP contribution is -2.31. The number of rotatable bonds is 5. The van der Waals surface area contributed by atoms with Crippen LogP contribution in [0.3, 0.4) is 0 Å². The molecule has 0 atom stereocenters. The standard InChI is InChI=1S/C23H22N4O2/c1-3-26-16-24-21-19(17-10-6-4-7-11-17)14-27(22(21)23(26)29)15-20(28)25(2)18-12-8-5-9-13-18/h4-14,16H,3,15H2,1-2H3. The largest absolute Gasteiger partial charge is 0.332 e. The average Bonchev–Trinajstić information content (AvgIpc) is 3.13. The van der Waals surface area contributed by atoms with Gasteiger partial charge >= 0.3 is 0 Å². The van der Waals surface area contributed by atoms with Crippen molar-refractivity contribution >= 4 is 22.6 Å². The Morgan fingerprint density at radius 3 is 2.31 bits per heavy atom. The van der Waals surface area contributed by atoms with E-state index < -0.39 is 0 Å². The Morgan fingerprint density at radius 2 is 1.66 bits per heavy atom. The number of aryl methyl sites for hydroxylation is 1. The number of carbonyl (C=O) groups excluding carboxylic acids is 1. The monoisotopic (exact) mass is 386 g/mol. The van der Waals surface area contributed by atoms with Gasteiger partial charge in [-0.05, 0) is 24.6 Å². The number of aromatic nitrogens is 3. The number of para-hydroxylation sites is 1. The van der Waals surface area contributed by atoms with E-state index in [2.05, 4.69) is 4.98 Å². The summed E-state index contributed by atoms with van der Waals surface area (Å²) >= 11 is 0. The van der Waals surface area contributed by atoms with Crippen molar-refractivity contribution in [3.8, 4) is 11.1 Å². The van der Waals surface area contributed by atoms with Crippen LogP contribution in [0.2, 0.25) is 0 Å². The second kappa shape index (κ2) is 7.75. The van der Waals surface area contributed by atoms with Crippen molar-refractivity contribution in [1.29, 1.82) is 0 Å². The zero-order valence-electron chi connectivity index (χ0n) is 16.4. The SMILES string of the molecule is CCn1cnc2c(-c3ccccc3)cn(CC(=O)N(C)c3ccccc3)c2c1=O. The second-order valence-corrected chi connectivity index (χ2v) is 6.86. The molecule has 29 heavy (non-hydrogen) atoms. The van der Waals surface area contributed by atoms with Crippen molar-refractivity contribution < 1.29 is 4.79 Å². The minimum atomic E-state index is -0.144. The van der Waals surface area contributed by atoms with Crippen molar-refractivity contribution in [2.45, 2.75) is 20.0 Å². The molecule has 0 saturated heterocycles. The highest BCUT2D eigenvalue weighted by atomic mass is 16.2. The van der Waals surface area contributed by atoms with Crippen LogP contribution in [0.5, 0.6) is 0 Å².